The van der Waals surface area contributed by atoms with Gasteiger partial charge in [-0.2, -0.15) is 10.2 Å². The van der Waals surface area contributed by atoms with E-state index in [9.17, 15) is 9.59 Å². The minimum Gasteiger partial charge on any atom is -0.300 e. The van der Waals surface area contributed by atoms with Gasteiger partial charge in [-0.05, 0) is 31.3 Å². The molecule has 2 amide bonds. The lowest BCUT2D eigenvalue weighted by Gasteiger charge is -2.18. The van der Waals surface area contributed by atoms with Crippen molar-refractivity contribution in [3.05, 3.63) is 29.8 Å². The number of nitrogens with zero attached hydrogens (tertiary/aromatic N) is 2. The molecule has 1 aliphatic rings. The van der Waals surface area contributed by atoms with Gasteiger partial charge in [0.15, 0.2) is 5.11 Å². The molecule has 0 saturated carbocycles. The van der Waals surface area contributed by atoms with E-state index in [0.717, 1.165) is 5.56 Å². The van der Waals surface area contributed by atoms with Crippen LogP contribution in [0.15, 0.2) is 34.5 Å². The number of aryl methyl sites for hydroxylation is 1. The van der Waals surface area contributed by atoms with Crippen LogP contribution in [-0.2, 0) is 9.59 Å². The zero-order valence-electron chi connectivity index (χ0n) is 9.51. The van der Waals surface area contributed by atoms with Crippen LogP contribution in [0.25, 0.3) is 0 Å². The summed E-state index contributed by atoms with van der Waals surface area (Å²) >= 11 is 4.67. The number of hydrogen-bond donors (Lipinski definition) is 2. The number of nitrogens with one attached hydrogen (secondary N) is 2. The Morgan fingerprint density at radius 1 is 1.11 bits per heavy atom. The molecule has 2 rings (SSSR count). The summed E-state index contributed by atoms with van der Waals surface area (Å²) in [6.45, 7) is 1.95. The van der Waals surface area contributed by atoms with E-state index in [4.69, 9.17) is 0 Å². The molecule has 0 aromatic heterocycles. The van der Waals surface area contributed by atoms with Crippen molar-refractivity contribution in [1.82, 2.24) is 10.6 Å². The van der Waals surface area contributed by atoms with Crippen LogP contribution in [0.1, 0.15) is 5.56 Å². The van der Waals surface area contributed by atoms with Gasteiger partial charge in [0.05, 0.1) is 5.69 Å². The van der Waals surface area contributed by atoms with E-state index in [2.05, 4.69) is 33.1 Å². The Kier molecular flexibility index (Phi) is 3.42. The second kappa shape index (κ2) is 5.01. The minimum absolute atomic E-state index is 0.00761. The predicted molar refractivity (Wildman–Crippen MR) is 68.4 cm³/mol. The second-order valence-corrected chi connectivity index (χ2v) is 4.17. The Bertz CT molecular complexity index is 518. The fraction of sp³-hybridized carbons (Fsp3) is 0.182. The van der Waals surface area contributed by atoms with Crippen molar-refractivity contribution in [2.24, 2.45) is 10.2 Å². The molecular weight excluding hydrogens is 252 g/mol. The van der Waals surface area contributed by atoms with Gasteiger partial charge in [0.1, 0.15) is 0 Å². The van der Waals surface area contributed by atoms with Gasteiger partial charge in [0.2, 0.25) is 6.04 Å². The highest BCUT2D eigenvalue weighted by molar-refractivity contribution is 7.80. The summed E-state index contributed by atoms with van der Waals surface area (Å²) in [4.78, 5) is 23.0. The summed E-state index contributed by atoms with van der Waals surface area (Å²) in [6.07, 6.45) is 0. The van der Waals surface area contributed by atoms with Gasteiger partial charge in [-0.1, -0.05) is 17.7 Å². The van der Waals surface area contributed by atoms with Crippen LogP contribution in [0.3, 0.4) is 0 Å². The largest absolute Gasteiger partial charge is 0.300 e. The molecule has 1 aliphatic heterocycles. The molecule has 0 spiro atoms. The first kappa shape index (κ1) is 12.3. The summed E-state index contributed by atoms with van der Waals surface area (Å²) in [7, 11) is 0. The van der Waals surface area contributed by atoms with Gasteiger partial charge in [-0.25, -0.2) is 0 Å². The number of azo groups is 1. The number of hydrogen-bond acceptors (Lipinski definition) is 5. The van der Waals surface area contributed by atoms with E-state index in [1.54, 1.807) is 12.1 Å². The average Bonchev–Trinajstić information content (AvgIpc) is 2.30. The molecule has 1 aromatic rings. The molecule has 18 heavy (non-hydrogen) atoms. The summed E-state index contributed by atoms with van der Waals surface area (Å²) in [5.41, 5.74) is 1.67. The summed E-state index contributed by atoms with van der Waals surface area (Å²) < 4.78 is 0. The number of carbonyl (C=O) groups excluding carboxylic acids is 2. The lowest BCUT2D eigenvalue weighted by molar-refractivity contribution is -0.131. The van der Waals surface area contributed by atoms with Crippen molar-refractivity contribution in [1.29, 1.82) is 0 Å². The summed E-state index contributed by atoms with van der Waals surface area (Å²) in [5.74, 6) is -1.14. The molecule has 1 saturated heterocycles. The van der Waals surface area contributed by atoms with Crippen LogP contribution in [0.2, 0.25) is 0 Å². The number of thiocarbonyl (C=S) groups is 1. The van der Waals surface area contributed by atoms with E-state index in [0.29, 0.717) is 5.69 Å². The molecule has 7 heteroatoms. The standard InChI is InChI=1S/C11H10N4O2S/c1-6-2-4-7(5-3-6)14-15-8-9(16)12-11(18)13-10(8)17/h2-5,8H,1H3,(H2,12,13,16,17,18)/b15-14+. The summed E-state index contributed by atoms with van der Waals surface area (Å²) in [5, 5.41) is 12.2. The van der Waals surface area contributed by atoms with Gasteiger partial charge < -0.3 is 10.6 Å². The smallest absolute Gasteiger partial charge is 0.262 e. The zero-order valence-corrected chi connectivity index (χ0v) is 10.3. The third-order valence-electron chi connectivity index (χ3n) is 2.29. The topological polar surface area (TPSA) is 82.9 Å². The fourth-order valence-corrected chi connectivity index (χ4v) is 1.55. The highest BCUT2D eigenvalue weighted by Gasteiger charge is 2.32. The number of benzene rings is 1. The lowest BCUT2D eigenvalue weighted by atomic mass is 10.2. The fourth-order valence-electron chi connectivity index (χ4n) is 1.35. The molecule has 0 aliphatic carbocycles. The highest BCUT2D eigenvalue weighted by Crippen LogP contribution is 2.14. The molecule has 6 nitrogen and oxygen atoms in total. The van der Waals surface area contributed by atoms with E-state index in [1.165, 1.54) is 0 Å². The van der Waals surface area contributed by atoms with Crippen molar-refractivity contribution < 1.29 is 9.59 Å². The van der Waals surface area contributed by atoms with Crippen molar-refractivity contribution >= 4 is 34.8 Å². The molecule has 0 atom stereocenters. The van der Waals surface area contributed by atoms with Crippen LogP contribution >= 0.6 is 12.2 Å². The maximum absolute atomic E-state index is 11.5. The van der Waals surface area contributed by atoms with Crippen molar-refractivity contribution in [3.8, 4) is 0 Å². The van der Waals surface area contributed by atoms with Crippen LogP contribution in [0, 0.1) is 6.92 Å². The molecule has 0 bridgehead atoms. The van der Waals surface area contributed by atoms with Crippen LogP contribution in [0.4, 0.5) is 5.69 Å². The molecule has 2 N–H and O–H groups in total. The van der Waals surface area contributed by atoms with Crippen LogP contribution in [0.5, 0.6) is 0 Å². The maximum atomic E-state index is 11.5. The van der Waals surface area contributed by atoms with Crippen molar-refractivity contribution in [2.75, 3.05) is 0 Å². The first-order valence-corrected chi connectivity index (χ1v) is 5.60. The predicted octanol–water partition coefficient (Wildman–Crippen LogP) is 0.978. The Balaban J connectivity index is 2.13. The van der Waals surface area contributed by atoms with Gasteiger partial charge in [-0.15, -0.1) is 0 Å². The third-order valence-corrected chi connectivity index (χ3v) is 2.50. The van der Waals surface area contributed by atoms with E-state index < -0.39 is 17.9 Å². The molecule has 1 aromatic carbocycles. The molecule has 0 radical (unpaired) electrons. The Hall–Kier alpha value is -2.15. The molecule has 0 unspecified atom stereocenters. The maximum Gasteiger partial charge on any atom is 0.262 e. The lowest BCUT2D eigenvalue weighted by Crippen LogP contribution is -2.57. The van der Waals surface area contributed by atoms with Crippen LogP contribution in [-0.4, -0.2) is 23.0 Å². The minimum atomic E-state index is -1.20. The van der Waals surface area contributed by atoms with Gasteiger partial charge in [0, 0.05) is 0 Å². The quantitative estimate of drug-likeness (QED) is 0.473. The van der Waals surface area contributed by atoms with Gasteiger partial charge >= 0.3 is 0 Å². The van der Waals surface area contributed by atoms with Gasteiger partial charge in [0.25, 0.3) is 11.8 Å². The Labute approximate surface area is 108 Å². The normalized spacial score (nSPS) is 16.8. The van der Waals surface area contributed by atoms with Gasteiger partial charge in [-0.3, -0.25) is 9.59 Å². The number of carbonyl (C=O) groups is 2. The van der Waals surface area contributed by atoms with E-state index in [1.807, 2.05) is 19.1 Å². The molecular formula is C11H10N4O2S. The monoisotopic (exact) mass is 262 g/mol. The second-order valence-electron chi connectivity index (χ2n) is 3.76. The number of rotatable bonds is 2. The van der Waals surface area contributed by atoms with Crippen LogP contribution < -0.4 is 10.6 Å². The molecule has 1 heterocycles. The highest BCUT2D eigenvalue weighted by atomic mass is 32.1. The van der Waals surface area contributed by atoms with Crippen molar-refractivity contribution in [3.63, 3.8) is 0 Å². The number of amides is 2. The molecule has 92 valence electrons. The summed E-state index contributed by atoms with van der Waals surface area (Å²) in [6, 6.07) is 6.04. The SMILES string of the molecule is Cc1ccc(/N=N/C2C(=O)NC(=S)NC2=O)cc1. The first-order valence-electron chi connectivity index (χ1n) is 5.19. The van der Waals surface area contributed by atoms with E-state index >= 15 is 0 Å². The third kappa shape index (κ3) is 2.75. The average molecular weight is 262 g/mol. The first-order chi connectivity index (χ1) is 8.56. The van der Waals surface area contributed by atoms with E-state index in [-0.39, 0.29) is 5.11 Å². The molecule has 1 fully saturated rings. The van der Waals surface area contributed by atoms with Crippen molar-refractivity contribution in [2.45, 2.75) is 13.0 Å². The zero-order chi connectivity index (χ0) is 13.1. The Morgan fingerprint density at radius 3 is 2.22 bits per heavy atom. The Morgan fingerprint density at radius 2 is 1.67 bits per heavy atom.